The Kier molecular flexibility index (Phi) is 5.75. The highest BCUT2D eigenvalue weighted by Crippen LogP contribution is 2.28. The normalized spacial score (nSPS) is 14.7. The molecule has 0 radical (unpaired) electrons. The number of benzene rings is 1. The van der Waals surface area contributed by atoms with Crippen LogP contribution in [0.3, 0.4) is 0 Å². The summed E-state index contributed by atoms with van der Waals surface area (Å²) in [7, 11) is 0. The second-order valence-corrected chi connectivity index (χ2v) is 4.36. The van der Waals surface area contributed by atoms with Gasteiger partial charge in [0.1, 0.15) is 5.75 Å². The zero-order chi connectivity index (χ0) is 11.4. The molecule has 1 heterocycles. The predicted molar refractivity (Wildman–Crippen MR) is 72.7 cm³/mol. The van der Waals surface area contributed by atoms with Gasteiger partial charge in [0.05, 0.1) is 6.61 Å². The summed E-state index contributed by atoms with van der Waals surface area (Å²) in [6, 6.07) is 6.45. The maximum atomic E-state index is 6.15. The lowest BCUT2D eigenvalue weighted by atomic mass is 9.99. The molecule has 1 aliphatic rings. The molecule has 1 aromatic carbocycles. The number of hydrogen-bond donors (Lipinski definition) is 2. The Hall–Kier alpha value is -0.770. The minimum absolute atomic E-state index is 0. The van der Waals surface area contributed by atoms with Crippen LogP contribution >= 0.6 is 12.4 Å². The molecule has 0 saturated heterocycles. The van der Waals surface area contributed by atoms with Gasteiger partial charge in [-0.25, -0.2) is 0 Å². The second-order valence-electron chi connectivity index (χ2n) is 4.36. The van der Waals surface area contributed by atoms with E-state index in [9.17, 15) is 0 Å². The summed E-state index contributed by atoms with van der Waals surface area (Å²) in [5.41, 5.74) is 14.1. The Bertz CT molecular complexity index is 357. The minimum Gasteiger partial charge on any atom is -0.493 e. The molecular weight excluding hydrogens is 236 g/mol. The fourth-order valence-corrected chi connectivity index (χ4v) is 2.11. The number of nitrogens with two attached hydrogens (primary N) is 2. The van der Waals surface area contributed by atoms with E-state index in [-0.39, 0.29) is 18.4 Å². The monoisotopic (exact) mass is 256 g/mol. The zero-order valence-corrected chi connectivity index (χ0v) is 10.8. The molecule has 0 fully saturated rings. The van der Waals surface area contributed by atoms with Gasteiger partial charge in [0.15, 0.2) is 0 Å². The highest BCUT2D eigenvalue weighted by molar-refractivity contribution is 5.85. The van der Waals surface area contributed by atoms with Crippen molar-refractivity contribution in [2.24, 2.45) is 11.5 Å². The third-order valence-electron chi connectivity index (χ3n) is 3.11. The van der Waals surface area contributed by atoms with Crippen LogP contribution in [0.5, 0.6) is 5.75 Å². The molecule has 2 rings (SSSR count). The van der Waals surface area contributed by atoms with Crippen LogP contribution in [0.2, 0.25) is 0 Å². The van der Waals surface area contributed by atoms with Crippen LogP contribution in [0.4, 0.5) is 0 Å². The Balaban J connectivity index is 0.00000144. The lowest BCUT2D eigenvalue weighted by Gasteiger charge is -2.12. The Morgan fingerprint density at radius 3 is 2.88 bits per heavy atom. The van der Waals surface area contributed by atoms with Gasteiger partial charge >= 0.3 is 0 Å². The molecule has 1 aliphatic heterocycles. The molecule has 3 nitrogen and oxygen atoms in total. The molecule has 0 spiro atoms. The van der Waals surface area contributed by atoms with E-state index in [0.29, 0.717) is 0 Å². The maximum absolute atomic E-state index is 6.15. The van der Waals surface area contributed by atoms with Crippen molar-refractivity contribution >= 4 is 12.4 Å². The lowest BCUT2D eigenvalue weighted by Crippen LogP contribution is -2.11. The van der Waals surface area contributed by atoms with E-state index in [1.807, 2.05) is 6.07 Å². The molecule has 1 atom stereocenters. The van der Waals surface area contributed by atoms with Gasteiger partial charge in [0.25, 0.3) is 0 Å². The van der Waals surface area contributed by atoms with Crippen LogP contribution in [0.1, 0.15) is 36.4 Å². The molecule has 0 bridgehead atoms. The van der Waals surface area contributed by atoms with Crippen molar-refractivity contribution in [2.45, 2.75) is 31.7 Å². The molecule has 0 aromatic heterocycles. The van der Waals surface area contributed by atoms with Crippen LogP contribution in [-0.2, 0) is 6.42 Å². The van der Waals surface area contributed by atoms with Gasteiger partial charge in [-0.05, 0) is 36.6 Å². The third-order valence-corrected chi connectivity index (χ3v) is 3.11. The van der Waals surface area contributed by atoms with Gasteiger partial charge in [-0.1, -0.05) is 18.6 Å². The number of rotatable bonds is 5. The SMILES string of the molecule is Cl.NCCCC[C@@H](N)c1ccc2c(c1)CCO2. The summed E-state index contributed by atoms with van der Waals surface area (Å²) >= 11 is 0. The molecule has 17 heavy (non-hydrogen) atoms. The predicted octanol–water partition coefficient (Wildman–Crippen LogP) is 2.17. The summed E-state index contributed by atoms with van der Waals surface area (Å²) in [6.45, 7) is 1.56. The lowest BCUT2D eigenvalue weighted by molar-refractivity contribution is 0.357. The molecule has 0 aliphatic carbocycles. The minimum atomic E-state index is 0. The smallest absolute Gasteiger partial charge is 0.122 e. The summed E-state index contributed by atoms with van der Waals surface area (Å²) in [5, 5.41) is 0. The van der Waals surface area contributed by atoms with Crippen LogP contribution in [0.15, 0.2) is 18.2 Å². The van der Waals surface area contributed by atoms with Crippen molar-refractivity contribution in [2.75, 3.05) is 13.2 Å². The molecule has 0 unspecified atom stereocenters. The highest BCUT2D eigenvalue weighted by Gasteiger charge is 2.14. The quantitative estimate of drug-likeness (QED) is 0.794. The first-order chi connectivity index (χ1) is 7.81. The molecule has 4 heteroatoms. The zero-order valence-electron chi connectivity index (χ0n) is 10.0. The van der Waals surface area contributed by atoms with E-state index >= 15 is 0 Å². The summed E-state index contributed by atoms with van der Waals surface area (Å²) in [6.07, 6.45) is 4.18. The van der Waals surface area contributed by atoms with E-state index < -0.39 is 0 Å². The average molecular weight is 257 g/mol. The van der Waals surface area contributed by atoms with Crippen molar-refractivity contribution in [3.8, 4) is 5.75 Å². The van der Waals surface area contributed by atoms with Crippen LogP contribution < -0.4 is 16.2 Å². The van der Waals surface area contributed by atoms with E-state index in [1.54, 1.807) is 0 Å². The van der Waals surface area contributed by atoms with E-state index in [2.05, 4.69) is 12.1 Å². The number of unbranched alkanes of at least 4 members (excludes halogenated alkanes) is 1. The fourth-order valence-electron chi connectivity index (χ4n) is 2.11. The fraction of sp³-hybridized carbons (Fsp3) is 0.538. The standard InChI is InChI=1S/C13H20N2O.ClH/c14-7-2-1-3-12(15)10-4-5-13-11(9-10)6-8-16-13;/h4-5,9,12H,1-3,6-8,14-15H2;1H/t12-;/m1./s1. The Morgan fingerprint density at radius 2 is 2.12 bits per heavy atom. The summed E-state index contributed by atoms with van der Waals surface area (Å²) in [4.78, 5) is 0. The first kappa shape index (κ1) is 14.3. The highest BCUT2D eigenvalue weighted by atomic mass is 35.5. The molecule has 1 aromatic rings. The van der Waals surface area contributed by atoms with Crippen molar-refractivity contribution in [3.63, 3.8) is 0 Å². The topological polar surface area (TPSA) is 61.3 Å². The number of ether oxygens (including phenoxy) is 1. The third kappa shape index (κ3) is 3.60. The average Bonchev–Trinajstić information content (AvgIpc) is 2.76. The Morgan fingerprint density at radius 1 is 1.29 bits per heavy atom. The van der Waals surface area contributed by atoms with Crippen molar-refractivity contribution in [1.29, 1.82) is 0 Å². The first-order valence-corrected chi connectivity index (χ1v) is 6.02. The van der Waals surface area contributed by atoms with Crippen molar-refractivity contribution in [3.05, 3.63) is 29.3 Å². The van der Waals surface area contributed by atoms with Crippen LogP contribution in [0.25, 0.3) is 0 Å². The van der Waals surface area contributed by atoms with Gasteiger partial charge in [0.2, 0.25) is 0 Å². The second kappa shape index (κ2) is 6.84. The molecule has 96 valence electrons. The molecule has 0 saturated carbocycles. The van der Waals surface area contributed by atoms with Crippen molar-refractivity contribution < 1.29 is 4.74 Å². The number of halogens is 1. The maximum Gasteiger partial charge on any atom is 0.122 e. The molecular formula is C13H21ClN2O. The summed E-state index contributed by atoms with van der Waals surface area (Å²) in [5.74, 6) is 1.03. The number of fused-ring (bicyclic) bond motifs is 1. The summed E-state index contributed by atoms with van der Waals surface area (Å²) < 4.78 is 5.47. The van der Waals surface area contributed by atoms with Crippen LogP contribution in [0, 0.1) is 0 Å². The molecule has 4 N–H and O–H groups in total. The van der Waals surface area contributed by atoms with Crippen LogP contribution in [-0.4, -0.2) is 13.2 Å². The van der Waals surface area contributed by atoms with E-state index in [1.165, 1.54) is 11.1 Å². The largest absolute Gasteiger partial charge is 0.493 e. The van der Waals surface area contributed by atoms with E-state index in [0.717, 1.165) is 44.6 Å². The van der Waals surface area contributed by atoms with Gasteiger partial charge in [-0.15, -0.1) is 12.4 Å². The van der Waals surface area contributed by atoms with Gasteiger partial charge in [-0.3, -0.25) is 0 Å². The van der Waals surface area contributed by atoms with E-state index in [4.69, 9.17) is 16.2 Å². The van der Waals surface area contributed by atoms with Crippen molar-refractivity contribution in [1.82, 2.24) is 0 Å². The van der Waals surface area contributed by atoms with Gasteiger partial charge < -0.3 is 16.2 Å². The first-order valence-electron chi connectivity index (χ1n) is 6.02. The molecule has 0 amide bonds. The van der Waals surface area contributed by atoms with Gasteiger partial charge in [0, 0.05) is 12.5 Å². The number of hydrogen-bond acceptors (Lipinski definition) is 3. The Labute approximate surface area is 109 Å². The van der Waals surface area contributed by atoms with Gasteiger partial charge in [-0.2, -0.15) is 0 Å².